The van der Waals surface area contributed by atoms with E-state index in [9.17, 15) is 37.4 Å². The lowest BCUT2D eigenvalue weighted by atomic mass is 9.84. The van der Waals surface area contributed by atoms with Gasteiger partial charge in [0.15, 0.2) is 0 Å². The fourth-order valence-corrected chi connectivity index (χ4v) is 5.44. The SMILES string of the molecule is Cc1nc(NC(C)c2cccc(C(F)F)c2F)c2cn(C3(CF)CC3)c(=O)c(C3(O)CCN(C(=O)O)CC3)c2n1. The Hall–Kier alpha value is -3.74. The summed E-state index contributed by atoms with van der Waals surface area (Å²) >= 11 is 0. The Bertz CT molecular complexity index is 1530. The number of fused-ring (bicyclic) bond motifs is 1. The van der Waals surface area contributed by atoms with Crippen molar-refractivity contribution in [2.75, 3.05) is 25.1 Å². The van der Waals surface area contributed by atoms with Gasteiger partial charge in [-0.15, -0.1) is 0 Å². The number of nitrogens with one attached hydrogen (secondary N) is 1. The zero-order chi connectivity index (χ0) is 29.0. The number of pyridine rings is 1. The molecule has 1 unspecified atom stereocenters. The van der Waals surface area contributed by atoms with Crippen molar-refractivity contribution in [3.8, 4) is 0 Å². The molecule has 3 heterocycles. The molecule has 5 rings (SSSR count). The number of carboxylic acid groups (broad SMARTS) is 1. The van der Waals surface area contributed by atoms with E-state index in [-0.39, 0.29) is 59.6 Å². The number of aliphatic hydroxyl groups is 1. The molecule has 1 aliphatic carbocycles. The number of carbonyl (C=O) groups is 1. The maximum absolute atomic E-state index is 14.9. The highest BCUT2D eigenvalue weighted by Gasteiger charge is 2.48. The van der Waals surface area contributed by atoms with E-state index in [1.54, 1.807) is 13.8 Å². The van der Waals surface area contributed by atoms with Gasteiger partial charge in [-0.05, 0) is 39.5 Å². The number of halogens is 4. The summed E-state index contributed by atoms with van der Waals surface area (Å²) in [6.07, 6.45) is -2.09. The normalized spacial score (nSPS) is 18.6. The third-order valence-corrected chi connectivity index (χ3v) is 8.01. The van der Waals surface area contributed by atoms with Crippen LogP contribution in [0.1, 0.15) is 67.6 Å². The molecule has 1 saturated carbocycles. The molecule has 1 amide bonds. The summed E-state index contributed by atoms with van der Waals surface area (Å²) in [5, 5.41) is 24.4. The molecule has 0 radical (unpaired) electrons. The second-order valence-corrected chi connectivity index (χ2v) is 10.6. The van der Waals surface area contributed by atoms with Gasteiger partial charge in [0.25, 0.3) is 12.0 Å². The summed E-state index contributed by atoms with van der Waals surface area (Å²) in [6.45, 7) is 2.25. The lowest BCUT2D eigenvalue weighted by Crippen LogP contribution is -2.48. The van der Waals surface area contributed by atoms with Crippen LogP contribution in [0.15, 0.2) is 29.2 Å². The lowest BCUT2D eigenvalue weighted by Gasteiger charge is -2.37. The molecule has 3 aromatic rings. The second kappa shape index (κ2) is 10.0. The largest absolute Gasteiger partial charge is 0.465 e. The smallest absolute Gasteiger partial charge is 0.407 e. The van der Waals surface area contributed by atoms with Crippen LogP contribution in [0.4, 0.5) is 28.2 Å². The molecule has 3 N–H and O–H groups in total. The van der Waals surface area contributed by atoms with Crippen LogP contribution < -0.4 is 10.9 Å². The average molecular weight is 564 g/mol. The zero-order valence-corrected chi connectivity index (χ0v) is 21.9. The molecular weight excluding hydrogens is 534 g/mol. The van der Waals surface area contributed by atoms with Gasteiger partial charge in [0.2, 0.25) is 0 Å². The topological polar surface area (TPSA) is 121 Å². The first-order valence-electron chi connectivity index (χ1n) is 12.9. The summed E-state index contributed by atoms with van der Waals surface area (Å²) < 4.78 is 57.0. The van der Waals surface area contributed by atoms with Gasteiger partial charge < -0.3 is 25.0 Å². The van der Waals surface area contributed by atoms with E-state index in [2.05, 4.69) is 15.3 Å². The van der Waals surface area contributed by atoms with Gasteiger partial charge in [-0.2, -0.15) is 0 Å². The molecule has 2 aliphatic rings. The van der Waals surface area contributed by atoms with E-state index in [0.717, 1.165) is 11.0 Å². The maximum atomic E-state index is 14.9. The van der Waals surface area contributed by atoms with Crippen LogP contribution in [-0.2, 0) is 11.1 Å². The predicted molar refractivity (Wildman–Crippen MR) is 138 cm³/mol. The van der Waals surface area contributed by atoms with Crippen LogP contribution >= 0.6 is 0 Å². The predicted octanol–water partition coefficient (Wildman–Crippen LogP) is 4.77. The molecule has 1 saturated heterocycles. The Morgan fingerprint density at radius 1 is 1.15 bits per heavy atom. The van der Waals surface area contributed by atoms with E-state index in [4.69, 9.17) is 0 Å². The van der Waals surface area contributed by atoms with Crippen molar-refractivity contribution >= 4 is 22.8 Å². The van der Waals surface area contributed by atoms with Gasteiger partial charge in [0, 0.05) is 24.8 Å². The summed E-state index contributed by atoms with van der Waals surface area (Å²) in [5.41, 5.74) is -4.21. The maximum Gasteiger partial charge on any atom is 0.407 e. The molecule has 0 spiro atoms. The molecule has 1 aromatic carbocycles. The highest BCUT2D eigenvalue weighted by molar-refractivity contribution is 5.91. The van der Waals surface area contributed by atoms with Crippen LogP contribution in [0.25, 0.3) is 10.9 Å². The van der Waals surface area contributed by atoms with E-state index >= 15 is 0 Å². The monoisotopic (exact) mass is 563 g/mol. The molecule has 0 bridgehead atoms. The summed E-state index contributed by atoms with van der Waals surface area (Å²) in [6, 6.07) is 2.86. The van der Waals surface area contributed by atoms with E-state index < -0.39 is 53.3 Å². The number of likely N-dealkylation sites (tertiary alicyclic amines) is 1. The van der Waals surface area contributed by atoms with Crippen molar-refractivity contribution in [1.82, 2.24) is 19.4 Å². The number of aromatic nitrogens is 3. The minimum atomic E-state index is -3.00. The van der Waals surface area contributed by atoms with Crippen LogP contribution in [0, 0.1) is 12.7 Å². The van der Waals surface area contributed by atoms with Crippen molar-refractivity contribution in [1.29, 1.82) is 0 Å². The second-order valence-electron chi connectivity index (χ2n) is 10.6. The molecule has 2 aromatic heterocycles. The van der Waals surface area contributed by atoms with Crippen molar-refractivity contribution in [3.63, 3.8) is 0 Å². The first-order chi connectivity index (χ1) is 18.9. The first-order valence-corrected chi connectivity index (χ1v) is 12.9. The number of hydrogen-bond acceptors (Lipinski definition) is 6. The number of piperidine rings is 1. The molecule has 40 heavy (non-hydrogen) atoms. The number of nitrogens with zero attached hydrogens (tertiary/aromatic N) is 4. The van der Waals surface area contributed by atoms with Crippen molar-refractivity contribution in [2.24, 2.45) is 0 Å². The summed E-state index contributed by atoms with van der Waals surface area (Å²) in [5.74, 6) is -0.701. The molecule has 13 heteroatoms. The number of hydrogen-bond donors (Lipinski definition) is 3. The Morgan fingerprint density at radius 2 is 1.80 bits per heavy atom. The van der Waals surface area contributed by atoms with Gasteiger partial charge >= 0.3 is 6.09 Å². The van der Waals surface area contributed by atoms with Crippen molar-refractivity contribution in [3.05, 3.63) is 63.1 Å². The number of benzene rings is 1. The fourth-order valence-electron chi connectivity index (χ4n) is 5.44. The quantitative estimate of drug-likeness (QED) is 0.354. The average Bonchev–Trinajstić information content (AvgIpc) is 3.69. The lowest BCUT2D eigenvalue weighted by molar-refractivity contribution is -0.0217. The molecule has 1 atom stereocenters. The minimum Gasteiger partial charge on any atom is -0.465 e. The number of rotatable bonds is 7. The highest BCUT2D eigenvalue weighted by Crippen LogP contribution is 2.45. The molecular formula is C27H29F4N5O4. The van der Waals surface area contributed by atoms with Gasteiger partial charge in [0.1, 0.15) is 29.7 Å². The van der Waals surface area contributed by atoms with Crippen molar-refractivity contribution in [2.45, 2.75) is 63.1 Å². The van der Waals surface area contributed by atoms with Gasteiger partial charge in [-0.1, -0.05) is 18.2 Å². The number of anilines is 1. The zero-order valence-electron chi connectivity index (χ0n) is 21.9. The van der Waals surface area contributed by atoms with E-state index in [1.807, 2.05) is 0 Å². The van der Waals surface area contributed by atoms with E-state index in [0.29, 0.717) is 12.8 Å². The van der Waals surface area contributed by atoms with Crippen LogP contribution in [0.3, 0.4) is 0 Å². The van der Waals surface area contributed by atoms with Crippen LogP contribution in [0.2, 0.25) is 0 Å². The standard InChI is InChI=1S/C27H29F4N5O4/c1-14(16-4-3-5-17(20(16)29)22(30)31)32-23-18-12-36(26(13-28)6-7-26)24(37)19(21(18)33-15(2)34-23)27(40)8-10-35(11-9-27)25(38)39/h3-5,12,14,22,40H,6-11,13H2,1-2H3,(H,38,39)(H,32,33,34). The fraction of sp³-hybridized carbons (Fsp3) is 0.481. The Morgan fingerprint density at radius 3 is 2.38 bits per heavy atom. The highest BCUT2D eigenvalue weighted by atomic mass is 19.3. The Balaban J connectivity index is 1.67. The van der Waals surface area contributed by atoms with Gasteiger partial charge in [-0.25, -0.2) is 32.3 Å². The summed E-state index contributed by atoms with van der Waals surface area (Å²) in [4.78, 5) is 35.3. The molecule has 2 fully saturated rings. The molecule has 9 nitrogen and oxygen atoms in total. The minimum absolute atomic E-state index is 0.0259. The third-order valence-electron chi connectivity index (χ3n) is 8.01. The van der Waals surface area contributed by atoms with Crippen LogP contribution in [0.5, 0.6) is 0 Å². The van der Waals surface area contributed by atoms with Crippen LogP contribution in [-0.4, -0.2) is 55.5 Å². The van der Waals surface area contributed by atoms with E-state index in [1.165, 1.54) is 22.9 Å². The number of aryl methyl sites for hydroxylation is 1. The van der Waals surface area contributed by atoms with Gasteiger partial charge in [-0.3, -0.25) is 4.79 Å². The number of alkyl halides is 3. The molecule has 1 aliphatic heterocycles. The summed E-state index contributed by atoms with van der Waals surface area (Å²) in [7, 11) is 0. The number of amides is 1. The Kier molecular flexibility index (Phi) is 6.97. The third kappa shape index (κ3) is 4.65. The first kappa shape index (κ1) is 27.8. The Labute approximate surface area is 226 Å². The van der Waals surface area contributed by atoms with Gasteiger partial charge in [0.05, 0.1) is 33.6 Å². The molecule has 214 valence electrons. The van der Waals surface area contributed by atoms with Crippen molar-refractivity contribution < 1.29 is 32.6 Å².